The van der Waals surface area contributed by atoms with Crippen LogP contribution >= 0.6 is 0 Å². The van der Waals surface area contributed by atoms with Gasteiger partial charge in [-0.3, -0.25) is 4.79 Å². The third kappa shape index (κ3) is 4.74. The number of carbonyl (C=O) groups is 1. The number of terminal acetylenes is 1. The Morgan fingerprint density at radius 3 is 2.68 bits per heavy atom. The number of nitrogens with one attached hydrogen (secondary N) is 2. The van der Waals surface area contributed by atoms with Crippen LogP contribution in [0.3, 0.4) is 0 Å². The molecule has 0 bridgehead atoms. The molecule has 0 unspecified atom stereocenters. The van der Waals surface area contributed by atoms with Crippen LogP contribution < -0.4 is 21.1 Å². The number of hydrogen-bond acceptors (Lipinski definition) is 6. The molecule has 1 aromatic heterocycles. The number of benzene rings is 2. The first-order valence-electron chi connectivity index (χ1n) is 8.18. The van der Waals surface area contributed by atoms with Gasteiger partial charge in [-0.1, -0.05) is 12.0 Å². The summed E-state index contributed by atoms with van der Waals surface area (Å²) in [6, 6.07) is 13.3. The zero-order chi connectivity index (χ0) is 19.9. The van der Waals surface area contributed by atoms with Gasteiger partial charge in [-0.05, 0) is 42.5 Å². The van der Waals surface area contributed by atoms with Gasteiger partial charge in [-0.15, -0.1) is 6.42 Å². The molecule has 0 aliphatic rings. The van der Waals surface area contributed by atoms with Crippen LogP contribution in [0, 0.1) is 18.2 Å². The summed E-state index contributed by atoms with van der Waals surface area (Å²) in [4.78, 5) is 19.3. The lowest BCUT2D eigenvalue weighted by Gasteiger charge is -2.10. The summed E-state index contributed by atoms with van der Waals surface area (Å²) < 4.78 is 19.4. The van der Waals surface area contributed by atoms with Gasteiger partial charge in [-0.25, -0.2) is 9.37 Å². The molecule has 28 heavy (non-hydrogen) atoms. The molecule has 140 valence electrons. The van der Waals surface area contributed by atoms with Gasteiger partial charge in [0.05, 0.1) is 6.20 Å². The Morgan fingerprint density at radius 1 is 1.18 bits per heavy atom. The number of ether oxygens (including phenoxy) is 1. The molecule has 1 heterocycles. The van der Waals surface area contributed by atoms with E-state index in [4.69, 9.17) is 16.9 Å². The minimum absolute atomic E-state index is 0.0131. The Bertz CT molecular complexity index is 1030. The highest BCUT2D eigenvalue weighted by Gasteiger charge is 2.09. The number of hydrogen-bond donors (Lipinski definition) is 3. The van der Waals surface area contributed by atoms with Crippen molar-refractivity contribution in [3.05, 3.63) is 66.1 Å². The number of amides is 1. The lowest BCUT2D eigenvalue weighted by atomic mass is 10.2. The van der Waals surface area contributed by atoms with E-state index in [9.17, 15) is 9.18 Å². The number of halogens is 1. The molecule has 0 radical (unpaired) electrons. The lowest BCUT2D eigenvalue weighted by Crippen LogP contribution is -2.11. The van der Waals surface area contributed by atoms with Crippen LogP contribution in [0.15, 0.2) is 54.7 Å². The summed E-state index contributed by atoms with van der Waals surface area (Å²) >= 11 is 0. The predicted molar refractivity (Wildman–Crippen MR) is 104 cm³/mol. The highest BCUT2D eigenvalue weighted by Crippen LogP contribution is 2.22. The Labute approximate surface area is 160 Å². The number of rotatable bonds is 7. The molecule has 8 heteroatoms. The van der Waals surface area contributed by atoms with Crippen molar-refractivity contribution in [1.82, 2.24) is 9.97 Å². The van der Waals surface area contributed by atoms with Gasteiger partial charge >= 0.3 is 0 Å². The van der Waals surface area contributed by atoms with E-state index in [1.165, 1.54) is 0 Å². The van der Waals surface area contributed by atoms with Gasteiger partial charge in [0.25, 0.3) is 0 Å². The number of nitrogens with two attached hydrogens (primary N) is 1. The van der Waals surface area contributed by atoms with Gasteiger partial charge in [0.1, 0.15) is 12.4 Å². The Balaban J connectivity index is 1.75. The smallest absolute Gasteiger partial charge is 0.248 e. The minimum Gasteiger partial charge on any atom is -0.481 e. The zero-order valence-corrected chi connectivity index (χ0v) is 14.6. The quantitative estimate of drug-likeness (QED) is 0.547. The van der Waals surface area contributed by atoms with Crippen molar-refractivity contribution in [3.8, 4) is 18.1 Å². The fourth-order valence-electron chi connectivity index (χ4n) is 2.29. The van der Waals surface area contributed by atoms with Crippen molar-refractivity contribution >= 4 is 29.0 Å². The van der Waals surface area contributed by atoms with Crippen molar-refractivity contribution in [1.29, 1.82) is 0 Å². The van der Waals surface area contributed by atoms with E-state index < -0.39 is 11.7 Å². The van der Waals surface area contributed by atoms with Gasteiger partial charge in [-0.2, -0.15) is 4.98 Å². The standard InChI is InChI=1S/C20H16FN5O2/c1-2-10-28-16-8-6-14(7-9-16)24-19-17(21)12-23-20(26-19)25-15-5-3-4-13(11-15)18(22)27/h1,3-9,11-12H,10H2,(H2,22,27)(H2,23,24,25,26). The summed E-state index contributed by atoms with van der Waals surface area (Å²) in [6.07, 6.45) is 6.19. The van der Waals surface area contributed by atoms with Crippen LogP contribution in [-0.2, 0) is 0 Å². The third-order valence-electron chi connectivity index (χ3n) is 3.59. The van der Waals surface area contributed by atoms with E-state index in [2.05, 4.69) is 26.5 Å². The van der Waals surface area contributed by atoms with Crippen molar-refractivity contribution in [2.75, 3.05) is 17.2 Å². The van der Waals surface area contributed by atoms with Crippen LogP contribution in [0.25, 0.3) is 0 Å². The summed E-state index contributed by atoms with van der Waals surface area (Å²) in [6.45, 7) is 0.166. The van der Waals surface area contributed by atoms with Crippen LogP contribution in [-0.4, -0.2) is 22.5 Å². The number of nitrogens with zero attached hydrogens (tertiary/aromatic N) is 2. The summed E-state index contributed by atoms with van der Waals surface area (Å²) in [5, 5.41) is 5.78. The number of primary amides is 1. The molecule has 0 aliphatic heterocycles. The van der Waals surface area contributed by atoms with Gasteiger partial charge in [0, 0.05) is 16.9 Å². The molecule has 0 saturated carbocycles. The number of anilines is 4. The maximum Gasteiger partial charge on any atom is 0.248 e. The monoisotopic (exact) mass is 377 g/mol. The maximum atomic E-state index is 14.1. The fraction of sp³-hybridized carbons (Fsp3) is 0.0500. The molecular formula is C20H16FN5O2. The van der Waals surface area contributed by atoms with E-state index in [-0.39, 0.29) is 18.4 Å². The molecule has 4 N–H and O–H groups in total. The molecule has 7 nitrogen and oxygen atoms in total. The molecule has 2 aromatic carbocycles. The van der Waals surface area contributed by atoms with E-state index in [0.717, 1.165) is 6.20 Å². The normalized spacial score (nSPS) is 10.0. The van der Waals surface area contributed by atoms with Crippen LogP contribution in [0.2, 0.25) is 0 Å². The van der Waals surface area contributed by atoms with Crippen molar-refractivity contribution in [3.63, 3.8) is 0 Å². The average molecular weight is 377 g/mol. The number of carbonyl (C=O) groups excluding carboxylic acids is 1. The first kappa shape index (κ1) is 18.7. The summed E-state index contributed by atoms with van der Waals surface area (Å²) in [7, 11) is 0. The largest absolute Gasteiger partial charge is 0.481 e. The maximum absolute atomic E-state index is 14.1. The molecular weight excluding hydrogens is 361 g/mol. The minimum atomic E-state index is -0.621. The highest BCUT2D eigenvalue weighted by atomic mass is 19.1. The lowest BCUT2D eigenvalue weighted by molar-refractivity contribution is 0.100. The predicted octanol–water partition coefficient (Wildman–Crippen LogP) is 3.21. The van der Waals surface area contributed by atoms with Crippen LogP contribution in [0.1, 0.15) is 10.4 Å². The second-order valence-electron chi connectivity index (χ2n) is 5.60. The second kappa shape index (κ2) is 8.51. The average Bonchev–Trinajstić information content (AvgIpc) is 2.70. The van der Waals surface area contributed by atoms with Crippen molar-refractivity contribution in [2.45, 2.75) is 0 Å². The first-order valence-corrected chi connectivity index (χ1v) is 8.18. The number of aromatic nitrogens is 2. The second-order valence-corrected chi connectivity index (χ2v) is 5.60. The molecule has 1 amide bonds. The van der Waals surface area contributed by atoms with E-state index in [1.54, 1.807) is 48.5 Å². The van der Waals surface area contributed by atoms with E-state index in [1.807, 2.05) is 0 Å². The molecule has 0 spiro atoms. The molecule has 0 aliphatic carbocycles. The Hall–Kier alpha value is -4.12. The van der Waals surface area contributed by atoms with Crippen LogP contribution in [0.5, 0.6) is 5.75 Å². The van der Waals surface area contributed by atoms with Crippen LogP contribution in [0.4, 0.5) is 27.5 Å². The first-order chi connectivity index (χ1) is 13.5. The van der Waals surface area contributed by atoms with Crippen molar-refractivity contribution in [2.24, 2.45) is 5.73 Å². The summed E-state index contributed by atoms with van der Waals surface area (Å²) in [5.74, 6) is 1.94. The topological polar surface area (TPSA) is 102 Å². The highest BCUT2D eigenvalue weighted by molar-refractivity contribution is 5.93. The Morgan fingerprint density at radius 2 is 1.96 bits per heavy atom. The zero-order valence-electron chi connectivity index (χ0n) is 14.6. The molecule has 0 saturated heterocycles. The van der Waals surface area contributed by atoms with E-state index in [0.29, 0.717) is 22.7 Å². The third-order valence-corrected chi connectivity index (χ3v) is 3.59. The molecule has 0 fully saturated rings. The summed E-state index contributed by atoms with van der Waals surface area (Å²) in [5.41, 5.74) is 6.75. The van der Waals surface area contributed by atoms with Crippen molar-refractivity contribution < 1.29 is 13.9 Å². The SMILES string of the molecule is C#CCOc1ccc(Nc2nc(Nc3cccc(C(N)=O)c3)ncc2F)cc1. The van der Waals surface area contributed by atoms with Gasteiger partial charge in [0.2, 0.25) is 11.9 Å². The fourth-order valence-corrected chi connectivity index (χ4v) is 2.29. The van der Waals surface area contributed by atoms with Gasteiger partial charge in [0.15, 0.2) is 11.6 Å². The molecule has 3 aromatic rings. The van der Waals surface area contributed by atoms with E-state index >= 15 is 0 Å². The molecule has 0 atom stereocenters. The van der Waals surface area contributed by atoms with Gasteiger partial charge < -0.3 is 21.1 Å². The molecule has 3 rings (SSSR count). The Kier molecular flexibility index (Phi) is 5.67.